The molecule has 0 atom stereocenters. The van der Waals surface area contributed by atoms with E-state index in [1.807, 2.05) is 12.2 Å². The fraction of sp³-hybridized carbons (Fsp3) is 0.300. The van der Waals surface area contributed by atoms with Gasteiger partial charge in [0.1, 0.15) is 0 Å². The van der Waals surface area contributed by atoms with Gasteiger partial charge >= 0.3 is 0 Å². The van der Waals surface area contributed by atoms with E-state index in [2.05, 4.69) is 25.1 Å². The van der Waals surface area contributed by atoms with E-state index in [1.165, 1.54) is 5.57 Å². The summed E-state index contributed by atoms with van der Waals surface area (Å²) in [6.07, 6.45) is 8.38. The molecule has 11 heavy (non-hydrogen) atoms. The van der Waals surface area contributed by atoms with Gasteiger partial charge in [0.05, 0.1) is 6.54 Å². The highest BCUT2D eigenvalue weighted by Gasteiger charge is 1.81. The van der Waals surface area contributed by atoms with E-state index >= 15 is 0 Å². The van der Waals surface area contributed by atoms with Crippen LogP contribution in [0, 0.1) is 0 Å². The van der Waals surface area contributed by atoms with Gasteiger partial charge in [0.15, 0.2) is 0 Å². The maximum Gasteiger partial charge on any atom is 0.0567 e. The Morgan fingerprint density at radius 2 is 2.18 bits per heavy atom. The number of hydrogen-bond acceptors (Lipinski definition) is 1. The first-order valence-corrected chi connectivity index (χ1v) is 3.77. The van der Waals surface area contributed by atoms with Crippen LogP contribution in [0.1, 0.15) is 13.3 Å². The first-order chi connectivity index (χ1) is 5.35. The first kappa shape index (κ1) is 9.89. The molecule has 0 rings (SSSR count). The molecule has 0 radical (unpaired) electrons. The van der Waals surface area contributed by atoms with Crippen molar-refractivity contribution in [2.75, 3.05) is 6.54 Å². The molecule has 0 spiro atoms. The number of nitrogens with zero attached hydrogens (tertiary/aromatic N) is 1. The van der Waals surface area contributed by atoms with Crippen molar-refractivity contribution < 1.29 is 0 Å². The third kappa shape index (κ3) is 5.34. The van der Waals surface area contributed by atoms with Crippen LogP contribution in [0.2, 0.25) is 0 Å². The molecule has 0 aliphatic rings. The average molecular weight is 149 g/mol. The zero-order valence-corrected chi connectivity index (χ0v) is 7.09. The molecule has 0 bridgehead atoms. The van der Waals surface area contributed by atoms with Gasteiger partial charge in [0.2, 0.25) is 0 Å². The molecule has 0 fully saturated rings. The van der Waals surface area contributed by atoms with Crippen molar-refractivity contribution in [1.82, 2.24) is 0 Å². The minimum absolute atomic E-state index is 0.685. The topological polar surface area (TPSA) is 12.4 Å². The predicted molar refractivity (Wildman–Crippen MR) is 52.1 cm³/mol. The Morgan fingerprint density at radius 1 is 1.45 bits per heavy atom. The van der Waals surface area contributed by atoms with E-state index in [1.54, 1.807) is 12.3 Å². The summed E-state index contributed by atoms with van der Waals surface area (Å²) < 4.78 is 0. The standard InChI is InChI=1S/C10H15N/c1-4-8-11-9-7-10(5-2)6-3/h4-5,7,9H,1-2,6,8H2,3H3/b10-7+,11-9?. The lowest BCUT2D eigenvalue weighted by molar-refractivity contribution is 1.15. The van der Waals surface area contributed by atoms with Crippen LogP contribution in [0.3, 0.4) is 0 Å². The second-order valence-electron chi connectivity index (χ2n) is 2.10. The van der Waals surface area contributed by atoms with Crippen LogP contribution in [-0.2, 0) is 0 Å². The van der Waals surface area contributed by atoms with Gasteiger partial charge in [0.25, 0.3) is 0 Å². The Morgan fingerprint density at radius 3 is 2.64 bits per heavy atom. The molecule has 1 nitrogen and oxygen atoms in total. The van der Waals surface area contributed by atoms with Crippen LogP contribution in [0.15, 0.2) is 42.0 Å². The molecule has 0 aromatic heterocycles. The summed E-state index contributed by atoms with van der Waals surface area (Å²) in [6.45, 7) is 10.0. The quantitative estimate of drug-likeness (QED) is 0.324. The number of hydrogen-bond donors (Lipinski definition) is 0. The monoisotopic (exact) mass is 149 g/mol. The van der Waals surface area contributed by atoms with E-state index < -0.39 is 0 Å². The lowest BCUT2D eigenvalue weighted by atomic mass is 10.2. The molecule has 60 valence electrons. The smallest absolute Gasteiger partial charge is 0.0567 e. The fourth-order valence-corrected chi connectivity index (χ4v) is 0.614. The molecule has 0 aromatic rings. The van der Waals surface area contributed by atoms with Gasteiger partial charge in [-0.2, -0.15) is 0 Å². The molecule has 0 saturated heterocycles. The lowest BCUT2D eigenvalue weighted by Gasteiger charge is -1.90. The Bertz CT molecular complexity index is 175. The summed E-state index contributed by atoms with van der Waals surface area (Å²) in [5, 5.41) is 0. The minimum Gasteiger partial charge on any atom is -0.289 e. The van der Waals surface area contributed by atoms with Crippen molar-refractivity contribution in [2.45, 2.75) is 13.3 Å². The third-order valence-corrected chi connectivity index (χ3v) is 1.30. The molecule has 1 heteroatoms. The minimum atomic E-state index is 0.685. The van der Waals surface area contributed by atoms with Crippen LogP contribution >= 0.6 is 0 Å². The second-order valence-corrected chi connectivity index (χ2v) is 2.10. The van der Waals surface area contributed by atoms with Gasteiger partial charge in [-0.05, 0) is 18.1 Å². The third-order valence-electron chi connectivity index (χ3n) is 1.30. The van der Waals surface area contributed by atoms with Gasteiger partial charge in [-0.25, -0.2) is 0 Å². The second kappa shape index (κ2) is 7.00. The van der Waals surface area contributed by atoms with Gasteiger partial charge in [-0.3, -0.25) is 4.99 Å². The lowest BCUT2D eigenvalue weighted by Crippen LogP contribution is -1.76. The highest BCUT2D eigenvalue weighted by Crippen LogP contribution is 1.98. The molecule has 0 unspecified atom stereocenters. The molecule has 0 saturated carbocycles. The van der Waals surface area contributed by atoms with Crippen LogP contribution in [0.25, 0.3) is 0 Å². The Hall–Kier alpha value is -1.11. The first-order valence-electron chi connectivity index (χ1n) is 3.77. The summed E-state index contributed by atoms with van der Waals surface area (Å²) in [7, 11) is 0. The van der Waals surface area contributed by atoms with Gasteiger partial charge in [0, 0.05) is 6.21 Å². The molecule has 0 N–H and O–H groups in total. The molecule has 0 aliphatic carbocycles. The van der Waals surface area contributed by atoms with Crippen molar-refractivity contribution in [2.24, 2.45) is 4.99 Å². The molecular formula is C10H15N. The van der Waals surface area contributed by atoms with Gasteiger partial charge < -0.3 is 0 Å². The highest BCUT2D eigenvalue weighted by molar-refractivity contribution is 5.72. The van der Waals surface area contributed by atoms with Crippen molar-refractivity contribution in [1.29, 1.82) is 0 Å². The molecule has 0 aromatic carbocycles. The number of allylic oxidation sites excluding steroid dienone is 3. The summed E-state index contributed by atoms with van der Waals surface area (Å²) in [5.41, 5.74) is 1.21. The largest absolute Gasteiger partial charge is 0.289 e. The zero-order chi connectivity index (χ0) is 8.53. The molecule has 0 heterocycles. The summed E-state index contributed by atoms with van der Waals surface area (Å²) in [6, 6.07) is 0. The van der Waals surface area contributed by atoms with Crippen LogP contribution in [0.4, 0.5) is 0 Å². The van der Waals surface area contributed by atoms with Crippen molar-refractivity contribution in [3.8, 4) is 0 Å². The average Bonchev–Trinajstić information content (AvgIpc) is 2.05. The summed E-state index contributed by atoms with van der Waals surface area (Å²) >= 11 is 0. The Labute approximate surface area is 68.9 Å². The van der Waals surface area contributed by atoms with Gasteiger partial charge in [-0.1, -0.05) is 25.7 Å². The van der Waals surface area contributed by atoms with Crippen LogP contribution in [-0.4, -0.2) is 12.8 Å². The van der Waals surface area contributed by atoms with E-state index in [-0.39, 0.29) is 0 Å². The normalized spacial score (nSPS) is 11.9. The molecular weight excluding hydrogens is 134 g/mol. The number of aliphatic imine (C=N–C) groups is 1. The van der Waals surface area contributed by atoms with Crippen molar-refractivity contribution in [3.63, 3.8) is 0 Å². The van der Waals surface area contributed by atoms with E-state index in [0.717, 1.165) is 6.42 Å². The molecule has 0 amide bonds. The number of rotatable bonds is 5. The summed E-state index contributed by atoms with van der Waals surface area (Å²) in [4.78, 5) is 4.06. The van der Waals surface area contributed by atoms with Crippen LogP contribution in [0.5, 0.6) is 0 Å². The molecule has 0 aliphatic heterocycles. The van der Waals surface area contributed by atoms with Gasteiger partial charge in [-0.15, -0.1) is 6.58 Å². The zero-order valence-electron chi connectivity index (χ0n) is 7.09. The Balaban J connectivity index is 3.86. The fourth-order valence-electron chi connectivity index (χ4n) is 0.614. The van der Waals surface area contributed by atoms with E-state index in [9.17, 15) is 0 Å². The maximum atomic E-state index is 4.06. The van der Waals surface area contributed by atoms with Crippen molar-refractivity contribution in [3.05, 3.63) is 37.0 Å². The van der Waals surface area contributed by atoms with Crippen LogP contribution < -0.4 is 0 Å². The van der Waals surface area contributed by atoms with E-state index in [4.69, 9.17) is 0 Å². The van der Waals surface area contributed by atoms with Crippen molar-refractivity contribution >= 4 is 6.21 Å². The highest BCUT2D eigenvalue weighted by atomic mass is 14.7. The maximum absolute atomic E-state index is 4.06. The van der Waals surface area contributed by atoms with E-state index in [0.29, 0.717) is 6.54 Å². The Kier molecular flexibility index (Phi) is 6.30. The SMILES string of the molecule is C=CCN=C/C=C(\C=C)CC. The predicted octanol–water partition coefficient (Wildman–Crippen LogP) is 2.77. The summed E-state index contributed by atoms with van der Waals surface area (Å²) in [5.74, 6) is 0.